The molecular formula is C26H24O10. The lowest BCUT2D eigenvalue weighted by atomic mass is 9.82. The van der Waals surface area contributed by atoms with Crippen LogP contribution in [0.15, 0.2) is 40.1 Å². The van der Waals surface area contributed by atoms with Gasteiger partial charge in [-0.05, 0) is 12.1 Å². The zero-order valence-electron chi connectivity index (χ0n) is 20.6. The second kappa shape index (κ2) is 9.65. The molecule has 3 rings (SSSR count). The van der Waals surface area contributed by atoms with Gasteiger partial charge in [-0.2, -0.15) is 0 Å². The van der Waals surface area contributed by atoms with E-state index in [9.17, 15) is 24.0 Å². The molecule has 0 amide bonds. The van der Waals surface area contributed by atoms with E-state index in [4.69, 9.17) is 23.4 Å². The van der Waals surface area contributed by atoms with Crippen molar-refractivity contribution in [3.63, 3.8) is 0 Å². The van der Waals surface area contributed by atoms with Crippen molar-refractivity contribution in [1.82, 2.24) is 0 Å². The van der Waals surface area contributed by atoms with Crippen molar-refractivity contribution < 1.29 is 42.5 Å². The molecule has 10 heteroatoms. The Morgan fingerprint density at radius 3 is 1.86 bits per heavy atom. The first-order valence-electron chi connectivity index (χ1n) is 10.7. The molecule has 0 aliphatic heterocycles. The third-order valence-electron chi connectivity index (χ3n) is 5.12. The van der Waals surface area contributed by atoms with E-state index in [1.165, 1.54) is 25.1 Å². The number of ether oxygens (including phenoxy) is 4. The van der Waals surface area contributed by atoms with Gasteiger partial charge in [0.05, 0.1) is 5.39 Å². The number of carbonyl (C=O) groups is 4. The lowest BCUT2D eigenvalue weighted by molar-refractivity contribution is -0.134. The predicted octanol–water partition coefficient (Wildman–Crippen LogP) is 4.11. The zero-order chi connectivity index (χ0) is 26.9. The smallest absolute Gasteiger partial charge is 0.308 e. The molecule has 2 aromatic carbocycles. The van der Waals surface area contributed by atoms with Gasteiger partial charge in [0.25, 0.3) is 0 Å². The maximum Gasteiger partial charge on any atom is 0.308 e. The summed E-state index contributed by atoms with van der Waals surface area (Å²) >= 11 is 0. The topological polar surface area (TPSA) is 135 Å². The van der Waals surface area contributed by atoms with Gasteiger partial charge in [0, 0.05) is 44.7 Å². The van der Waals surface area contributed by atoms with Crippen LogP contribution in [0.2, 0.25) is 0 Å². The molecule has 0 unspecified atom stereocenters. The summed E-state index contributed by atoms with van der Waals surface area (Å²) in [6.45, 7) is 11.9. The van der Waals surface area contributed by atoms with Gasteiger partial charge in [-0.1, -0.05) is 19.9 Å². The Morgan fingerprint density at radius 2 is 1.33 bits per heavy atom. The average molecular weight is 496 g/mol. The van der Waals surface area contributed by atoms with Crippen LogP contribution in [0.4, 0.5) is 0 Å². The molecule has 0 N–H and O–H groups in total. The van der Waals surface area contributed by atoms with Crippen molar-refractivity contribution in [3.05, 3.63) is 46.6 Å². The molecule has 0 bridgehead atoms. The van der Waals surface area contributed by atoms with Crippen LogP contribution in [0.5, 0.6) is 23.0 Å². The van der Waals surface area contributed by atoms with Crippen LogP contribution in [0, 0.1) is 0 Å². The highest BCUT2D eigenvalue weighted by atomic mass is 16.6. The minimum absolute atomic E-state index is 0.0381. The Labute approximate surface area is 205 Å². The van der Waals surface area contributed by atoms with Gasteiger partial charge >= 0.3 is 23.9 Å². The van der Waals surface area contributed by atoms with E-state index in [-0.39, 0.29) is 50.5 Å². The SMILES string of the molecule is C=CC(C)(C)c1c(OC(C)=O)cc(OC(C)=O)c2c(=O)c3ccc(OC(C)=O)c(OC(C)=O)c3oc12. The Balaban J connectivity index is 2.65. The second-order valence-electron chi connectivity index (χ2n) is 8.45. The third-order valence-corrected chi connectivity index (χ3v) is 5.12. The van der Waals surface area contributed by atoms with Gasteiger partial charge in [-0.3, -0.25) is 24.0 Å². The van der Waals surface area contributed by atoms with Crippen molar-refractivity contribution in [1.29, 1.82) is 0 Å². The van der Waals surface area contributed by atoms with Crippen molar-refractivity contribution in [2.45, 2.75) is 47.0 Å². The molecule has 10 nitrogen and oxygen atoms in total. The number of hydrogen-bond acceptors (Lipinski definition) is 10. The molecule has 1 heterocycles. The van der Waals surface area contributed by atoms with Crippen molar-refractivity contribution >= 4 is 45.8 Å². The van der Waals surface area contributed by atoms with E-state index in [2.05, 4.69) is 6.58 Å². The fourth-order valence-electron chi connectivity index (χ4n) is 3.65. The Morgan fingerprint density at radius 1 is 0.806 bits per heavy atom. The molecule has 0 aliphatic carbocycles. The van der Waals surface area contributed by atoms with Gasteiger partial charge in [0.2, 0.25) is 11.2 Å². The highest BCUT2D eigenvalue weighted by molar-refractivity contribution is 6.00. The Hall–Kier alpha value is -4.47. The summed E-state index contributed by atoms with van der Waals surface area (Å²) in [5.41, 5.74) is -1.65. The summed E-state index contributed by atoms with van der Waals surface area (Å²) in [7, 11) is 0. The molecule has 0 saturated carbocycles. The first-order chi connectivity index (χ1) is 16.8. The molecule has 0 atom stereocenters. The molecule has 0 radical (unpaired) electrons. The largest absolute Gasteiger partial charge is 0.451 e. The number of esters is 4. The van der Waals surface area contributed by atoms with E-state index in [0.29, 0.717) is 0 Å². The number of carbonyl (C=O) groups excluding carboxylic acids is 4. The van der Waals surface area contributed by atoms with Gasteiger partial charge in [-0.25, -0.2) is 0 Å². The monoisotopic (exact) mass is 496 g/mol. The van der Waals surface area contributed by atoms with Crippen LogP contribution in [0.3, 0.4) is 0 Å². The first-order valence-corrected chi connectivity index (χ1v) is 10.7. The molecule has 0 fully saturated rings. The number of allylic oxidation sites excluding steroid dienone is 1. The molecule has 188 valence electrons. The Bertz CT molecular complexity index is 1510. The van der Waals surface area contributed by atoms with Gasteiger partial charge in [0.15, 0.2) is 11.3 Å². The van der Waals surface area contributed by atoms with E-state index >= 15 is 0 Å². The normalized spacial score (nSPS) is 11.2. The summed E-state index contributed by atoms with van der Waals surface area (Å²) in [4.78, 5) is 60.9. The number of fused-ring (bicyclic) bond motifs is 2. The Kier molecular flexibility index (Phi) is 7.01. The molecular weight excluding hydrogens is 472 g/mol. The minimum Gasteiger partial charge on any atom is -0.451 e. The standard InChI is InChI=1S/C26H24O10/c1-8-26(6,7)21-19(34-14(4)29)11-18(33-13(3)28)20-22(31)16-9-10-17(32-12(2)27)24(35-15(5)30)23(16)36-25(20)21/h8-11H,1H2,2-7H3. The molecule has 0 spiro atoms. The maximum absolute atomic E-state index is 13.7. The number of rotatable bonds is 6. The fourth-order valence-corrected chi connectivity index (χ4v) is 3.65. The van der Waals surface area contributed by atoms with Crippen LogP contribution in [0.25, 0.3) is 21.9 Å². The number of hydrogen-bond donors (Lipinski definition) is 0. The lowest BCUT2D eigenvalue weighted by Gasteiger charge is -2.25. The molecule has 3 aromatic rings. The molecule has 0 saturated heterocycles. The molecule has 36 heavy (non-hydrogen) atoms. The number of benzene rings is 2. The minimum atomic E-state index is -0.934. The summed E-state index contributed by atoms with van der Waals surface area (Å²) in [6, 6.07) is 3.86. The second-order valence-corrected chi connectivity index (χ2v) is 8.45. The average Bonchev–Trinajstić information content (AvgIpc) is 2.73. The quantitative estimate of drug-likeness (QED) is 0.212. The van der Waals surface area contributed by atoms with Crippen molar-refractivity contribution in [2.24, 2.45) is 0 Å². The first kappa shape index (κ1) is 26.1. The predicted molar refractivity (Wildman–Crippen MR) is 128 cm³/mol. The van der Waals surface area contributed by atoms with E-state index in [1.807, 2.05) is 0 Å². The highest BCUT2D eigenvalue weighted by Crippen LogP contribution is 2.45. The summed E-state index contributed by atoms with van der Waals surface area (Å²) in [6.07, 6.45) is 1.55. The van der Waals surface area contributed by atoms with Crippen LogP contribution < -0.4 is 24.4 Å². The van der Waals surface area contributed by atoms with E-state index in [0.717, 1.165) is 20.8 Å². The molecule has 1 aromatic heterocycles. The van der Waals surface area contributed by atoms with Gasteiger partial charge < -0.3 is 23.4 Å². The maximum atomic E-state index is 13.7. The summed E-state index contributed by atoms with van der Waals surface area (Å²) in [5, 5.41) is -0.168. The van der Waals surface area contributed by atoms with Gasteiger partial charge in [-0.15, -0.1) is 6.58 Å². The summed E-state index contributed by atoms with van der Waals surface area (Å²) < 4.78 is 27.2. The fraction of sp³-hybridized carbons (Fsp3) is 0.269. The van der Waals surface area contributed by atoms with Gasteiger partial charge in [0.1, 0.15) is 22.5 Å². The molecule has 0 aliphatic rings. The zero-order valence-corrected chi connectivity index (χ0v) is 20.6. The van der Waals surface area contributed by atoms with E-state index in [1.54, 1.807) is 19.9 Å². The third kappa shape index (κ3) is 4.97. The van der Waals surface area contributed by atoms with Crippen LogP contribution >= 0.6 is 0 Å². The van der Waals surface area contributed by atoms with Crippen molar-refractivity contribution in [2.75, 3.05) is 0 Å². The van der Waals surface area contributed by atoms with E-state index < -0.39 is 34.7 Å². The van der Waals surface area contributed by atoms with Crippen LogP contribution in [-0.4, -0.2) is 23.9 Å². The lowest BCUT2D eigenvalue weighted by Crippen LogP contribution is -2.19. The van der Waals surface area contributed by atoms with Crippen LogP contribution in [0.1, 0.15) is 47.1 Å². The highest BCUT2D eigenvalue weighted by Gasteiger charge is 2.32. The van der Waals surface area contributed by atoms with Crippen molar-refractivity contribution in [3.8, 4) is 23.0 Å². The summed E-state index contributed by atoms with van der Waals surface area (Å²) in [5.74, 6) is -3.57. The van der Waals surface area contributed by atoms with Crippen LogP contribution in [-0.2, 0) is 24.6 Å².